The number of likely N-dealkylation sites (tertiary alicyclic amines) is 1. The Morgan fingerprint density at radius 1 is 1.41 bits per heavy atom. The second kappa shape index (κ2) is 6.87. The predicted molar refractivity (Wildman–Crippen MR) is 79.4 cm³/mol. The fourth-order valence-corrected chi connectivity index (χ4v) is 2.89. The van der Waals surface area contributed by atoms with E-state index in [2.05, 4.69) is 5.10 Å². The number of nitro groups is 1. The molecular formula is C14H22N4O4. The summed E-state index contributed by atoms with van der Waals surface area (Å²) < 4.78 is 1.53. The number of aryl methyl sites for hydroxylation is 2. The number of aliphatic hydroxyl groups excluding tert-OH is 1. The van der Waals surface area contributed by atoms with Gasteiger partial charge in [-0.2, -0.15) is 5.10 Å². The van der Waals surface area contributed by atoms with Crippen LogP contribution in [0.25, 0.3) is 0 Å². The highest BCUT2D eigenvalue weighted by molar-refractivity contribution is 5.76. The average Bonchev–Trinajstić information content (AvgIpc) is 2.79. The second-order valence-electron chi connectivity index (χ2n) is 5.76. The quantitative estimate of drug-likeness (QED) is 0.646. The van der Waals surface area contributed by atoms with Gasteiger partial charge in [0.2, 0.25) is 5.91 Å². The number of carbonyl (C=O) groups excluding carboxylic acids is 1. The first-order chi connectivity index (χ1) is 10.4. The Balaban J connectivity index is 1.92. The minimum absolute atomic E-state index is 0.0243. The predicted octanol–water partition coefficient (Wildman–Crippen LogP) is 1.03. The van der Waals surface area contributed by atoms with Crippen molar-refractivity contribution in [1.82, 2.24) is 14.7 Å². The Morgan fingerprint density at radius 2 is 2.05 bits per heavy atom. The fourth-order valence-electron chi connectivity index (χ4n) is 2.89. The van der Waals surface area contributed by atoms with Crippen LogP contribution in [0.3, 0.4) is 0 Å². The van der Waals surface area contributed by atoms with E-state index in [1.807, 2.05) is 0 Å². The molecule has 0 unspecified atom stereocenters. The van der Waals surface area contributed by atoms with Gasteiger partial charge in [0.05, 0.1) is 11.5 Å². The van der Waals surface area contributed by atoms with Crippen LogP contribution in [0.4, 0.5) is 5.69 Å². The van der Waals surface area contributed by atoms with Gasteiger partial charge in [0.15, 0.2) is 0 Å². The molecule has 22 heavy (non-hydrogen) atoms. The highest BCUT2D eigenvalue weighted by atomic mass is 16.6. The largest absolute Gasteiger partial charge is 0.396 e. The zero-order valence-corrected chi connectivity index (χ0v) is 13.0. The van der Waals surface area contributed by atoms with Gasteiger partial charge < -0.3 is 10.0 Å². The van der Waals surface area contributed by atoms with Gasteiger partial charge in [0, 0.05) is 26.1 Å². The van der Waals surface area contributed by atoms with Crippen LogP contribution >= 0.6 is 0 Å². The lowest BCUT2D eigenvalue weighted by molar-refractivity contribution is -0.386. The number of carbonyl (C=O) groups is 1. The first-order valence-corrected chi connectivity index (χ1v) is 7.51. The van der Waals surface area contributed by atoms with Gasteiger partial charge in [-0.15, -0.1) is 0 Å². The van der Waals surface area contributed by atoms with Gasteiger partial charge in [0.1, 0.15) is 11.4 Å². The Labute approximate surface area is 128 Å². The third-order valence-corrected chi connectivity index (χ3v) is 4.29. The van der Waals surface area contributed by atoms with Crippen molar-refractivity contribution in [2.45, 2.75) is 39.7 Å². The molecule has 0 bridgehead atoms. The number of hydrogen-bond acceptors (Lipinski definition) is 5. The molecular weight excluding hydrogens is 288 g/mol. The summed E-state index contributed by atoms with van der Waals surface area (Å²) in [5.74, 6) is 0.328. The standard InChI is InChI=1S/C14H22N4O4/c1-10-14(18(21)22)11(2)17(15-10)8-5-13(20)16-6-3-12(9-19)4-7-16/h12,19H,3-9H2,1-2H3. The van der Waals surface area contributed by atoms with Crippen LogP contribution < -0.4 is 0 Å². The van der Waals surface area contributed by atoms with Crippen molar-refractivity contribution in [1.29, 1.82) is 0 Å². The summed E-state index contributed by atoms with van der Waals surface area (Å²) in [5.41, 5.74) is 0.879. The normalized spacial score (nSPS) is 16.0. The summed E-state index contributed by atoms with van der Waals surface area (Å²) in [4.78, 5) is 24.5. The maximum atomic E-state index is 12.2. The minimum atomic E-state index is -0.435. The molecule has 0 spiro atoms. The van der Waals surface area contributed by atoms with Gasteiger partial charge in [-0.25, -0.2) is 0 Å². The van der Waals surface area contributed by atoms with Gasteiger partial charge in [-0.3, -0.25) is 19.6 Å². The second-order valence-corrected chi connectivity index (χ2v) is 5.76. The summed E-state index contributed by atoms with van der Waals surface area (Å²) >= 11 is 0. The van der Waals surface area contributed by atoms with E-state index in [-0.39, 0.29) is 24.6 Å². The molecule has 1 aliphatic heterocycles. The molecule has 2 rings (SSSR count). The molecule has 8 nitrogen and oxygen atoms in total. The molecule has 0 aromatic carbocycles. The summed E-state index contributed by atoms with van der Waals surface area (Å²) in [7, 11) is 0. The van der Waals surface area contributed by atoms with Gasteiger partial charge >= 0.3 is 5.69 Å². The van der Waals surface area contributed by atoms with Gasteiger partial charge in [-0.1, -0.05) is 0 Å². The molecule has 1 amide bonds. The molecule has 1 saturated heterocycles. The van der Waals surface area contributed by atoms with Crippen LogP contribution in [0, 0.1) is 29.9 Å². The molecule has 0 aliphatic carbocycles. The van der Waals surface area contributed by atoms with E-state index in [0.717, 1.165) is 12.8 Å². The van der Waals surface area contributed by atoms with Crippen molar-refractivity contribution in [3.05, 3.63) is 21.5 Å². The van der Waals surface area contributed by atoms with E-state index < -0.39 is 4.92 Å². The summed E-state index contributed by atoms with van der Waals surface area (Å²) in [6.45, 7) is 5.11. The smallest absolute Gasteiger partial charge is 0.312 e. The SMILES string of the molecule is Cc1nn(CCC(=O)N2CCC(CO)CC2)c(C)c1[N+](=O)[O-]. The first-order valence-electron chi connectivity index (χ1n) is 7.51. The Hall–Kier alpha value is -1.96. The van der Waals surface area contributed by atoms with E-state index in [1.165, 1.54) is 4.68 Å². The molecule has 0 saturated carbocycles. The van der Waals surface area contributed by atoms with E-state index >= 15 is 0 Å². The van der Waals surface area contributed by atoms with Crippen LogP contribution in [0.2, 0.25) is 0 Å². The Bertz CT molecular complexity index is 561. The lowest BCUT2D eigenvalue weighted by Crippen LogP contribution is -2.39. The van der Waals surface area contributed by atoms with Crippen molar-refractivity contribution >= 4 is 11.6 Å². The molecule has 2 heterocycles. The fraction of sp³-hybridized carbons (Fsp3) is 0.714. The molecule has 122 valence electrons. The Morgan fingerprint density at radius 3 is 2.55 bits per heavy atom. The number of nitrogens with zero attached hydrogens (tertiary/aromatic N) is 4. The van der Waals surface area contributed by atoms with Crippen molar-refractivity contribution in [2.24, 2.45) is 5.92 Å². The number of amides is 1. The lowest BCUT2D eigenvalue weighted by atomic mass is 9.98. The molecule has 1 aliphatic rings. The molecule has 1 fully saturated rings. The number of piperidine rings is 1. The number of rotatable bonds is 5. The third-order valence-electron chi connectivity index (χ3n) is 4.29. The summed E-state index contributed by atoms with van der Waals surface area (Å²) in [6, 6.07) is 0. The first kappa shape index (κ1) is 16.4. The molecule has 1 N–H and O–H groups in total. The van der Waals surface area contributed by atoms with Crippen LogP contribution in [-0.2, 0) is 11.3 Å². The molecule has 1 aromatic heterocycles. The monoisotopic (exact) mass is 310 g/mol. The number of aliphatic hydroxyl groups is 1. The van der Waals surface area contributed by atoms with E-state index in [4.69, 9.17) is 5.11 Å². The van der Waals surface area contributed by atoms with Gasteiger partial charge in [-0.05, 0) is 32.6 Å². The molecule has 1 aromatic rings. The van der Waals surface area contributed by atoms with E-state index in [9.17, 15) is 14.9 Å². The topological polar surface area (TPSA) is 102 Å². The minimum Gasteiger partial charge on any atom is -0.396 e. The van der Waals surface area contributed by atoms with Crippen molar-refractivity contribution in [3.63, 3.8) is 0 Å². The zero-order valence-electron chi connectivity index (χ0n) is 13.0. The van der Waals surface area contributed by atoms with Crippen molar-refractivity contribution in [3.8, 4) is 0 Å². The lowest BCUT2D eigenvalue weighted by Gasteiger charge is -2.31. The average molecular weight is 310 g/mol. The summed E-state index contributed by atoms with van der Waals surface area (Å²) in [5, 5.41) is 24.2. The number of aromatic nitrogens is 2. The van der Waals surface area contributed by atoms with Crippen molar-refractivity contribution in [2.75, 3.05) is 19.7 Å². The maximum absolute atomic E-state index is 12.2. The van der Waals surface area contributed by atoms with E-state index in [0.29, 0.717) is 36.9 Å². The summed E-state index contributed by atoms with van der Waals surface area (Å²) in [6.07, 6.45) is 1.93. The van der Waals surface area contributed by atoms with Crippen LogP contribution in [-0.4, -0.2) is 50.3 Å². The van der Waals surface area contributed by atoms with Crippen molar-refractivity contribution < 1.29 is 14.8 Å². The van der Waals surface area contributed by atoms with Gasteiger partial charge in [0.25, 0.3) is 0 Å². The number of hydrogen-bond donors (Lipinski definition) is 1. The van der Waals surface area contributed by atoms with E-state index in [1.54, 1.807) is 18.7 Å². The third kappa shape index (κ3) is 3.44. The highest BCUT2D eigenvalue weighted by Gasteiger charge is 2.24. The van der Waals surface area contributed by atoms with Crippen LogP contribution in [0.5, 0.6) is 0 Å². The zero-order chi connectivity index (χ0) is 16.3. The molecule has 0 atom stereocenters. The van der Waals surface area contributed by atoms with Crippen LogP contribution in [0.1, 0.15) is 30.7 Å². The van der Waals surface area contributed by atoms with Crippen LogP contribution in [0.15, 0.2) is 0 Å². The molecule has 8 heteroatoms. The maximum Gasteiger partial charge on any atom is 0.312 e. The Kier molecular flexibility index (Phi) is 5.12. The molecule has 0 radical (unpaired) electrons. The highest BCUT2D eigenvalue weighted by Crippen LogP contribution is 2.22.